The molecule has 0 spiro atoms. The van der Waals surface area contributed by atoms with Crippen LogP contribution in [-0.4, -0.2) is 36.8 Å². The predicted molar refractivity (Wildman–Crippen MR) is 68.6 cm³/mol. The first-order valence-electron chi connectivity index (χ1n) is 6.16. The van der Waals surface area contributed by atoms with Crippen molar-refractivity contribution in [1.82, 2.24) is 5.32 Å². The van der Waals surface area contributed by atoms with Gasteiger partial charge < -0.3 is 10.1 Å². The van der Waals surface area contributed by atoms with Gasteiger partial charge >= 0.3 is 0 Å². The van der Waals surface area contributed by atoms with Gasteiger partial charge in [0.15, 0.2) is 0 Å². The minimum absolute atomic E-state index is 0.669. The molecule has 3 heteroatoms. The fourth-order valence-electron chi connectivity index (χ4n) is 1.83. The fraction of sp³-hybridized carbons (Fsp3) is 1.00. The smallest absolute Gasteiger partial charge is 0.0476 e. The summed E-state index contributed by atoms with van der Waals surface area (Å²) in [5, 5.41) is 4.40. The van der Waals surface area contributed by atoms with Gasteiger partial charge in [0, 0.05) is 30.3 Å². The van der Waals surface area contributed by atoms with Crippen LogP contribution >= 0.6 is 11.8 Å². The zero-order chi connectivity index (χ0) is 11.1. The van der Waals surface area contributed by atoms with Crippen molar-refractivity contribution in [2.45, 2.75) is 44.9 Å². The third-order valence-corrected chi connectivity index (χ3v) is 4.45. The van der Waals surface area contributed by atoms with Gasteiger partial charge in [-0.2, -0.15) is 11.8 Å². The summed E-state index contributed by atoms with van der Waals surface area (Å²) in [6.07, 6.45) is 2.48. The highest BCUT2D eigenvalue weighted by Crippen LogP contribution is 2.23. The molecule has 1 rings (SSSR count). The average Bonchev–Trinajstić information content (AvgIpc) is 2.25. The quantitative estimate of drug-likeness (QED) is 0.759. The van der Waals surface area contributed by atoms with E-state index in [1.165, 1.54) is 18.6 Å². The number of ether oxygens (including phenoxy) is 1. The molecule has 1 unspecified atom stereocenters. The van der Waals surface area contributed by atoms with Gasteiger partial charge in [0.2, 0.25) is 0 Å². The summed E-state index contributed by atoms with van der Waals surface area (Å²) in [5.41, 5.74) is 0. The van der Waals surface area contributed by atoms with Crippen LogP contribution in [0.5, 0.6) is 0 Å². The van der Waals surface area contributed by atoms with E-state index >= 15 is 0 Å². The highest BCUT2D eigenvalue weighted by Gasteiger charge is 2.18. The lowest BCUT2D eigenvalue weighted by molar-refractivity contribution is 0.1000. The molecule has 0 radical (unpaired) electrons. The minimum atomic E-state index is 0.669. The maximum atomic E-state index is 5.37. The molecule has 0 amide bonds. The van der Waals surface area contributed by atoms with Crippen molar-refractivity contribution < 1.29 is 4.74 Å². The van der Waals surface area contributed by atoms with Crippen LogP contribution in [-0.2, 0) is 4.74 Å². The first-order valence-corrected chi connectivity index (χ1v) is 7.21. The standard InChI is InChI=1S/C12H25NOS/c1-4-13-12(10(2)3)9-15-11-5-7-14-8-6-11/h10-13H,4-9H2,1-3H3. The molecule has 1 heterocycles. The Morgan fingerprint density at radius 3 is 2.53 bits per heavy atom. The second kappa shape index (κ2) is 7.53. The summed E-state index contributed by atoms with van der Waals surface area (Å²) in [6, 6.07) is 0.669. The Morgan fingerprint density at radius 2 is 2.00 bits per heavy atom. The molecule has 0 aromatic rings. The van der Waals surface area contributed by atoms with Crippen molar-refractivity contribution in [2.24, 2.45) is 5.92 Å². The molecule has 0 aliphatic carbocycles. The van der Waals surface area contributed by atoms with Crippen molar-refractivity contribution in [1.29, 1.82) is 0 Å². The van der Waals surface area contributed by atoms with Crippen molar-refractivity contribution in [3.63, 3.8) is 0 Å². The molecular formula is C12H25NOS. The van der Waals surface area contributed by atoms with E-state index in [4.69, 9.17) is 4.74 Å². The van der Waals surface area contributed by atoms with E-state index < -0.39 is 0 Å². The summed E-state index contributed by atoms with van der Waals surface area (Å²) in [7, 11) is 0. The lowest BCUT2D eigenvalue weighted by Gasteiger charge is -2.26. The zero-order valence-corrected chi connectivity index (χ0v) is 11.1. The molecule has 0 saturated carbocycles. The molecule has 1 aliphatic heterocycles. The Kier molecular flexibility index (Phi) is 6.69. The lowest BCUT2D eigenvalue weighted by atomic mass is 10.1. The number of nitrogens with one attached hydrogen (secondary N) is 1. The molecule has 15 heavy (non-hydrogen) atoms. The summed E-state index contributed by atoms with van der Waals surface area (Å²) >= 11 is 2.13. The van der Waals surface area contributed by atoms with Crippen LogP contribution in [0.1, 0.15) is 33.6 Å². The van der Waals surface area contributed by atoms with Crippen molar-refractivity contribution in [2.75, 3.05) is 25.5 Å². The van der Waals surface area contributed by atoms with E-state index in [9.17, 15) is 0 Å². The van der Waals surface area contributed by atoms with Crippen LogP contribution in [0.4, 0.5) is 0 Å². The van der Waals surface area contributed by atoms with Crippen LogP contribution in [0.2, 0.25) is 0 Å². The van der Waals surface area contributed by atoms with Crippen molar-refractivity contribution >= 4 is 11.8 Å². The molecule has 1 aliphatic rings. The first kappa shape index (κ1) is 13.3. The third kappa shape index (κ3) is 5.23. The van der Waals surface area contributed by atoms with Crippen LogP contribution in [0.15, 0.2) is 0 Å². The molecule has 90 valence electrons. The highest BCUT2D eigenvalue weighted by atomic mass is 32.2. The van der Waals surface area contributed by atoms with Crippen molar-refractivity contribution in [3.8, 4) is 0 Å². The Bertz CT molecular complexity index is 158. The van der Waals surface area contributed by atoms with Crippen LogP contribution in [0.3, 0.4) is 0 Å². The molecular weight excluding hydrogens is 206 g/mol. The monoisotopic (exact) mass is 231 g/mol. The van der Waals surface area contributed by atoms with Gasteiger partial charge in [-0.3, -0.25) is 0 Å². The summed E-state index contributed by atoms with van der Waals surface area (Å²) in [4.78, 5) is 0. The second-order valence-electron chi connectivity index (χ2n) is 4.55. The van der Waals surface area contributed by atoms with Crippen LogP contribution in [0, 0.1) is 5.92 Å². The zero-order valence-electron chi connectivity index (χ0n) is 10.3. The van der Waals surface area contributed by atoms with E-state index in [-0.39, 0.29) is 0 Å². The number of hydrogen-bond acceptors (Lipinski definition) is 3. The highest BCUT2D eigenvalue weighted by molar-refractivity contribution is 7.99. The molecule has 0 aromatic heterocycles. The summed E-state index contributed by atoms with van der Waals surface area (Å²) in [5.74, 6) is 1.98. The molecule has 1 N–H and O–H groups in total. The largest absolute Gasteiger partial charge is 0.381 e. The molecule has 1 saturated heterocycles. The fourth-order valence-corrected chi connectivity index (χ4v) is 3.34. The van der Waals surface area contributed by atoms with Gasteiger partial charge in [-0.1, -0.05) is 20.8 Å². The SMILES string of the molecule is CCNC(CSC1CCOCC1)C(C)C. The Hall–Kier alpha value is 0.270. The summed E-state index contributed by atoms with van der Waals surface area (Å²) < 4.78 is 5.37. The van der Waals surface area contributed by atoms with Gasteiger partial charge in [0.05, 0.1) is 0 Å². The maximum absolute atomic E-state index is 5.37. The first-order chi connectivity index (χ1) is 7.24. The van der Waals surface area contributed by atoms with E-state index in [0.29, 0.717) is 6.04 Å². The Labute approximate surface area is 98.5 Å². The minimum Gasteiger partial charge on any atom is -0.381 e. The van der Waals surface area contributed by atoms with E-state index in [0.717, 1.165) is 30.9 Å². The van der Waals surface area contributed by atoms with Gasteiger partial charge in [-0.05, 0) is 25.3 Å². The topological polar surface area (TPSA) is 21.3 Å². The van der Waals surface area contributed by atoms with Crippen molar-refractivity contribution in [3.05, 3.63) is 0 Å². The second-order valence-corrected chi connectivity index (χ2v) is 5.89. The van der Waals surface area contributed by atoms with E-state index in [1.807, 2.05) is 0 Å². The predicted octanol–water partition coefficient (Wildman–Crippen LogP) is 2.53. The van der Waals surface area contributed by atoms with Crippen LogP contribution in [0.25, 0.3) is 0 Å². The van der Waals surface area contributed by atoms with Gasteiger partial charge in [0.1, 0.15) is 0 Å². The molecule has 2 nitrogen and oxygen atoms in total. The Balaban J connectivity index is 2.19. The average molecular weight is 231 g/mol. The number of thioether (sulfide) groups is 1. The molecule has 0 aromatic carbocycles. The Morgan fingerprint density at radius 1 is 1.33 bits per heavy atom. The normalized spacial score (nSPS) is 20.8. The number of rotatable bonds is 6. The molecule has 0 bridgehead atoms. The lowest BCUT2D eigenvalue weighted by Crippen LogP contribution is -2.36. The number of hydrogen-bond donors (Lipinski definition) is 1. The maximum Gasteiger partial charge on any atom is 0.0476 e. The third-order valence-electron chi connectivity index (χ3n) is 2.95. The van der Waals surface area contributed by atoms with E-state index in [2.05, 4.69) is 37.8 Å². The van der Waals surface area contributed by atoms with Gasteiger partial charge in [-0.25, -0.2) is 0 Å². The van der Waals surface area contributed by atoms with Crippen LogP contribution < -0.4 is 5.32 Å². The van der Waals surface area contributed by atoms with Gasteiger partial charge in [-0.15, -0.1) is 0 Å². The van der Waals surface area contributed by atoms with E-state index in [1.54, 1.807) is 0 Å². The molecule has 1 fully saturated rings. The van der Waals surface area contributed by atoms with Gasteiger partial charge in [0.25, 0.3) is 0 Å². The summed E-state index contributed by atoms with van der Waals surface area (Å²) in [6.45, 7) is 9.80. The molecule has 1 atom stereocenters.